The number of H-pyrrole nitrogens is 1. The van der Waals surface area contributed by atoms with E-state index in [1.54, 1.807) is 29.2 Å². The highest BCUT2D eigenvalue weighted by atomic mass is 35.5. The maximum absolute atomic E-state index is 12.7. The van der Waals surface area contributed by atoms with Crippen LogP contribution < -0.4 is 5.32 Å². The van der Waals surface area contributed by atoms with Crippen LogP contribution in [0, 0.1) is 11.3 Å². The van der Waals surface area contributed by atoms with Crippen LogP contribution in [-0.4, -0.2) is 39.8 Å². The molecule has 0 saturated carbocycles. The van der Waals surface area contributed by atoms with Gasteiger partial charge in [0.25, 0.3) is 11.8 Å². The average Bonchev–Trinajstić information content (AvgIpc) is 3.42. The first-order valence-corrected chi connectivity index (χ1v) is 10.1. The molecular weight excluding hydrogens is 402 g/mol. The third-order valence-corrected chi connectivity index (χ3v) is 5.48. The third kappa shape index (κ3) is 3.87. The zero-order valence-corrected chi connectivity index (χ0v) is 17.2. The van der Waals surface area contributed by atoms with Gasteiger partial charge in [-0.3, -0.25) is 9.59 Å². The van der Waals surface area contributed by atoms with Crippen molar-refractivity contribution >= 4 is 34.4 Å². The van der Waals surface area contributed by atoms with E-state index in [0.717, 1.165) is 23.9 Å². The predicted octanol–water partition coefficient (Wildman–Crippen LogP) is 3.81. The smallest absolute Gasteiger partial charge is 0.255 e. The highest BCUT2D eigenvalue weighted by Gasteiger charge is 2.23. The highest BCUT2D eigenvalue weighted by Crippen LogP contribution is 2.21. The minimum absolute atomic E-state index is 0.162. The molecule has 2 heterocycles. The lowest BCUT2D eigenvalue weighted by atomic mass is 10.0. The van der Waals surface area contributed by atoms with Gasteiger partial charge in [0.1, 0.15) is 5.82 Å². The van der Waals surface area contributed by atoms with Crippen LogP contribution in [0.25, 0.3) is 11.0 Å². The number of rotatable bonds is 4. The number of benzene rings is 2. The topological polar surface area (TPSA) is 102 Å². The number of nitrogens with zero attached hydrogens (tertiary/aromatic N) is 3. The molecular formula is C22H20ClN5O2. The third-order valence-electron chi connectivity index (χ3n) is 5.25. The van der Waals surface area contributed by atoms with E-state index in [0.29, 0.717) is 35.1 Å². The van der Waals surface area contributed by atoms with Gasteiger partial charge >= 0.3 is 0 Å². The van der Waals surface area contributed by atoms with Crippen LogP contribution >= 0.6 is 11.6 Å². The minimum atomic E-state index is -0.389. The molecule has 7 nitrogen and oxygen atoms in total. The van der Waals surface area contributed by atoms with E-state index in [9.17, 15) is 14.9 Å². The number of hydrogen-bond donors (Lipinski definition) is 2. The van der Waals surface area contributed by atoms with Crippen LogP contribution in [0.5, 0.6) is 0 Å². The van der Waals surface area contributed by atoms with Gasteiger partial charge in [0.15, 0.2) is 0 Å². The highest BCUT2D eigenvalue weighted by molar-refractivity contribution is 6.31. The van der Waals surface area contributed by atoms with Gasteiger partial charge in [-0.15, -0.1) is 0 Å². The molecule has 1 aromatic heterocycles. The van der Waals surface area contributed by atoms with Crippen LogP contribution in [0.15, 0.2) is 36.4 Å². The van der Waals surface area contributed by atoms with Crippen molar-refractivity contribution in [3.05, 3.63) is 63.9 Å². The monoisotopic (exact) mass is 421 g/mol. The number of nitriles is 1. The Balaban J connectivity index is 1.52. The van der Waals surface area contributed by atoms with Crippen molar-refractivity contribution < 1.29 is 9.59 Å². The van der Waals surface area contributed by atoms with E-state index >= 15 is 0 Å². The number of carbonyl (C=O) groups is 2. The van der Waals surface area contributed by atoms with E-state index in [4.69, 9.17) is 11.6 Å². The second-order valence-corrected chi connectivity index (χ2v) is 7.79. The molecule has 8 heteroatoms. The number of hydrogen-bond acceptors (Lipinski definition) is 4. The number of halogens is 1. The summed E-state index contributed by atoms with van der Waals surface area (Å²) in [7, 11) is 0. The lowest BCUT2D eigenvalue weighted by Gasteiger charge is -2.17. The molecule has 0 spiro atoms. The fourth-order valence-corrected chi connectivity index (χ4v) is 3.78. The molecule has 1 aliphatic heterocycles. The zero-order valence-electron chi connectivity index (χ0n) is 16.4. The van der Waals surface area contributed by atoms with Crippen molar-refractivity contribution in [2.75, 3.05) is 13.1 Å². The number of aromatic amines is 1. The lowest BCUT2D eigenvalue weighted by molar-refractivity contribution is 0.0791. The lowest BCUT2D eigenvalue weighted by Crippen LogP contribution is -2.29. The number of imidazole rings is 1. The van der Waals surface area contributed by atoms with E-state index in [-0.39, 0.29) is 23.4 Å². The molecule has 1 saturated heterocycles. The molecule has 2 aromatic carbocycles. The maximum Gasteiger partial charge on any atom is 0.255 e. The number of likely N-dealkylation sites (tertiary alicyclic amines) is 1. The van der Waals surface area contributed by atoms with E-state index in [2.05, 4.69) is 15.3 Å². The van der Waals surface area contributed by atoms with Crippen LogP contribution in [0.3, 0.4) is 0 Å². The molecule has 0 radical (unpaired) electrons. The van der Waals surface area contributed by atoms with Crippen LogP contribution in [-0.2, 0) is 0 Å². The SMILES string of the molecule is CC(NC(=O)c1ccc(C(=O)N2CCCC2)c(C#N)c1)c1nc2ccc(Cl)cc2[nH]1. The van der Waals surface area contributed by atoms with Crippen molar-refractivity contribution in [1.29, 1.82) is 5.26 Å². The summed E-state index contributed by atoms with van der Waals surface area (Å²) in [5.74, 6) is 0.0879. The molecule has 4 rings (SSSR count). The first-order valence-electron chi connectivity index (χ1n) is 9.75. The van der Waals surface area contributed by atoms with Crippen molar-refractivity contribution in [1.82, 2.24) is 20.2 Å². The summed E-state index contributed by atoms with van der Waals surface area (Å²) in [6.45, 7) is 3.21. The molecule has 2 amide bonds. The quantitative estimate of drug-likeness (QED) is 0.668. The van der Waals surface area contributed by atoms with Crippen LogP contribution in [0.4, 0.5) is 0 Å². The first kappa shape index (κ1) is 19.9. The van der Waals surface area contributed by atoms with Gasteiger partial charge in [0, 0.05) is 23.7 Å². The summed E-state index contributed by atoms with van der Waals surface area (Å²) in [4.78, 5) is 34.7. The molecule has 0 aliphatic carbocycles. The number of fused-ring (bicyclic) bond motifs is 1. The summed E-state index contributed by atoms with van der Waals surface area (Å²) < 4.78 is 0. The molecule has 1 unspecified atom stereocenters. The van der Waals surface area contributed by atoms with Crippen LogP contribution in [0.2, 0.25) is 5.02 Å². The Bertz CT molecular complexity index is 1170. The molecule has 1 atom stereocenters. The van der Waals surface area contributed by atoms with E-state index in [1.165, 1.54) is 6.07 Å². The normalized spacial score (nSPS) is 14.5. The molecule has 1 fully saturated rings. The summed E-state index contributed by atoms with van der Waals surface area (Å²) in [6, 6.07) is 11.6. The molecule has 152 valence electrons. The Kier molecular flexibility index (Phi) is 5.42. The van der Waals surface area contributed by atoms with Gasteiger partial charge in [-0.05, 0) is 56.2 Å². The van der Waals surface area contributed by atoms with Gasteiger partial charge in [0.05, 0.1) is 34.3 Å². The Labute approximate surface area is 178 Å². The predicted molar refractivity (Wildman–Crippen MR) is 113 cm³/mol. The molecule has 30 heavy (non-hydrogen) atoms. The second-order valence-electron chi connectivity index (χ2n) is 7.35. The Morgan fingerprint density at radius 1 is 1.23 bits per heavy atom. The summed E-state index contributed by atoms with van der Waals surface area (Å²) >= 11 is 6.01. The van der Waals surface area contributed by atoms with Crippen molar-refractivity contribution in [3.8, 4) is 6.07 Å². The van der Waals surface area contributed by atoms with E-state index < -0.39 is 0 Å². The number of amides is 2. The molecule has 1 aliphatic rings. The second kappa shape index (κ2) is 8.17. The van der Waals surface area contributed by atoms with Crippen LogP contribution in [0.1, 0.15) is 57.9 Å². The number of carbonyl (C=O) groups excluding carboxylic acids is 2. The van der Waals surface area contributed by atoms with Gasteiger partial charge in [0.2, 0.25) is 0 Å². The van der Waals surface area contributed by atoms with E-state index in [1.807, 2.05) is 19.1 Å². The minimum Gasteiger partial charge on any atom is -0.342 e. The summed E-state index contributed by atoms with van der Waals surface area (Å²) in [5.41, 5.74) is 2.39. The Morgan fingerprint density at radius 2 is 2.00 bits per heavy atom. The zero-order chi connectivity index (χ0) is 21.3. The Morgan fingerprint density at radius 3 is 2.73 bits per heavy atom. The van der Waals surface area contributed by atoms with Crippen molar-refractivity contribution in [3.63, 3.8) is 0 Å². The maximum atomic E-state index is 12.7. The van der Waals surface area contributed by atoms with Gasteiger partial charge in [-0.25, -0.2) is 4.98 Å². The molecule has 3 aromatic rings. The number of aromatic nitrogens is 2. The van der Waals surface area contributed by atoms with Gasteiger partial charge < -0.3 is 15.2 Å². The van der Waals surface area contributed by atoms with Gasteiger partial charge in [-0.2, -0.15) is 5.26 Å². The largest absolute Gasteiger partial charge is 0.342 e. The average molecular weight is 422 g/mol. The fourth-order valence-electron chi connectivity index (χ4n) is 3.61. The Hall–Kier alpha value is -3.37. The molecule has 2 N–H and O–H groups in total. The standard InChI is InChI=1S/C22H20ClN5O2/c1-13(20-26-18-7-5-16(23)11-19(18)27-20)25-21(29)14-4-6-17(15(10-14)12-24)22(30)28-8-2-3-9-28/h4-7,10-11,13H,2-3,8-9H2,1H3,(H,25,29)(H,26,27). The summed E-state index contributed by atoms with van der Waals surface area (Å²) in [5, 5.41) is 13.0. The van der Waals surface area contributed by atoms with Crippen molar-refractivity contribution in [2.24, 2.45) is 0 Å². The number of nitrogens with one attached hydrogen (secondary N) is 2. The molecule has 0 bridgehead atoms. The van der Waals surface area contributed by atoms with Crippen molar-refractivity contribution in [2.45, 2.75) is 25.8 Å². The first-order chi connectivity index (χ1) is 14.5. The summed E-state index contributed by atoms with van der Waals surface area (Å²) in [6.07, 6.45) is 1.94. The van der Waals surface area contributed by atoms with Gasteiger partial charge in [-0.1, -0.05) is 11.6 Å². The fraction of sp³-hybridized carbons (Fsp3) is 0.273.